The van der Waals surface area contributed by atoms with Crippen molar-refractivity contribution in [2.75, 3.05) is 0 Å². The molecule has 0 aliphatic carbocycles. The third kappa shape index (κ3) is 3.24. The van der Waals surface area contributed by atoms with Gasteiger partial charge in [-0.25, -0.2) is 0 Å². The predicted molar refractivity (Wildman–Crippen MR) is 72.4 cm³/mol. The monoisotopic (exact) mass is 251 g/mol. The minimum Gasteiger partial charge on any atom is -0.461 e. The van der Waals surface area contributed by atoms with Crippen molar-refractivity contribution in [2.45, 2.75) is 38.6 Å². The Kier molecular flexibility index (Phi) is 4.08. The molecule has 1 atom stereocenters. The number of fused-ring (bicyclic) bond motifs is 1. The van der Waals surface area contributed by atoms with Crippen molar-refractivity contribution in [1.29, 1.82) is 0 Å². The SMILES string of the molecule is CCCC(N)CCc1cc2cc(Cl)ccc2o1. The quantitative estimate of drug-likeness (QED) is 0.867. The first-order chi connectivity index (χ1) is 8.19. The van der Waals surface area contributed by atoms with Crippen LogP contribution in [0.1, 0.15) is 31.9 Å². The minimum absolute atomic E-state index is 0.275. The van der Waals surface area contributed by atoms with E-state index in [4.69, 9.17) is 21.8 Å². The Hall–Kier alpha value is -0.990. The average Bonchev–Trinajstić information content (AvgIpc) is 2.68. The molecule has 0 aliphatic heterocycles. The first kappa shape index (κ1) is 12.5. The Labute approximate surface area is 107 Å². The molecule has 92 valence electrons. The number of furan rings is 1. The number of halogens is 1. The van der Waals surface area contributed by atoms with Gasteiger partial charge in [0.05, 0.1) is 0 Å². The van der Waals surface area contributed by atoms with E-state index in [1.165, 1.54) is 0 Å². The third-order valence-corrected chi connectivity index (χ3v) is 3.19. The molecule has 3 heteroatoms. The van der Waals surface area contributed by atoms with Crippen LogP contribution in [0.2, 0.25) is 5.02 Å². The molecule has 0 amide bonds. The third-order valence-electron chi connectivity index (χ3n) is 2.95. The second-order valence-electron chi connectivity index (χ2n) is 4.48. The Morgan fingerprint density at radius 3 is 2.88 bits per heavy atom. The summed E-state index contributed by atoms with van der Waals surface area (Å²) in [5.41, 5.74) is 6.88. The average molecular weight is 252 g/mol. The molecule has 1 heterocycles. The van der Waals surface area contributed by atoms with Crippen molar-refractivity contribution >= 4 is 22.6 Å². The van der Waals surface area contributed by atoms with Crippen molar-refractivity contribution in [3.05, 3.63) is 35.0 Å². The summed E-state index contributed by atoms with van der Waals surface area (Å²) >= 11 is 5.94. The fraction of sp³-hybridized carbons (Fsp3) is 0.429. The molecule has 1 aromatic heterocycles. The molecule has 2 aromatic rings. The van der Waals surface area contributed by atoms with Gasteiger partial charge >= 0.3 is 0 Å². The van der Waals surface area contributed by atoms with Crippen LogP contribution in [-0.4, -0.2) is 6.04 Å². The number of rotatable bonds is 5. The van der Waals surface area contributed by atoms with E-state index in [0.29, 0.717) is 0 Å². The van der Waals surface area contributed by atoms with Crippen LogP contribution in [0.4, 0.5) is 0 Å². The van der Waals surface area contributed by atoms with Crippen molar-refractivity contribution in [1.82, 2.24) is 0 Å². The zero-order chi connectivity index (χ0) is 12.3. The standard InChI is InChI=1S/C14H18ClNO/c1-2-3-12(16)5-6-13-9-10-8-11(15)4-7-14(10)17-13/h4,7-9,12H,2-3,5-6,16H2,1H3. The lowest BCUT2D eigenvalue weighted by Gasteiger charge is -2.07. The summed E-state index contributed by atoms with van der Waals surface area (Å²) < 4.78 is 5.74. The molecule has 2 rings (SSSR count). The lowest BCUT2D eigenvalue weighted by Crippen LogP contribution is -2.19. The minimum atomic E-state index is 0.275. The summed E-state index contributed by atoms with van der Waals surface area (Å²) in [5.74, 6) is 0.994. The molecule has 0 aliphatic rings. The topological polar surface area (TPSA) is 39.2 Å². The van der Waals surface area contributed by atoms with Crippen LogP contribution in [0.25, 0.3) is 11.0 Å². The van der Waals surface area contributed by atoms with E-state index in [-0.39, 0.29) is 6.04 Å². The smallest absolute Gasteiger partial charge is 0.134 e. The molecule has 0 fully saturated rings. The van der Waals surface area contributed by atoms with E-state index in [2.05, 4.69) is 13.0 Å². The van der Waals surface area contributed by atoms with Gasteiger partial charge in [0.1, 0.15) is 11.3 Å². The van der Waals surface area contributed by atoms with E-state index < -0.39 is 0 Å². The molecule has 1 aromatic carbocycles. The number of benzene rings is 1. The highest BCUT2D eigenvalue weighted by Crippen LogP contribution is 2.24. The lowest BCUT2D eigenvalue weighted by molar-refractivity contribution is 0.497. The molecule has 2 N–H and O–H groups in total. The summed E-state index contributed by atoms with van der Waals surface area (Å²) in [7, 11) is 0. The maximum atomic E-state index is 5.99. The maximum absolute atomic E-state index is 5.99. The number of hydrogen-bond acceptors (Lipinski definition) is 2. The molecular weight excluding hydrogens is 234 g/mol. The molecule has 0 saturated carbocycles. The van der Waals surface area contributed by atoms with E-state index in [9.17, 15) is 0 Å². The molecule has 0 saturated heterocycles. The fourth-order valence-corrected chi connectivity index (χ4v) is 2.22. The maximum Gasteiger partial charge on any atom is 0.134 e. The van der Waals surface area contributed by atoms with Crippen LogP contribution in [0, 0.1) is 0 Å². The predicted octanol–water partition coefficient (Wildman–Crippen LogP) is 4.15. The van der Waals surface area contributed by atoms with Gasteiger partial charge in [-0.05, 0) is 37.1 Å². The number of aryl methyl sites for hydroxylation is 1. The van der Waals surface area contributed by atoms with E-state index in [1.807, 2.05) is 18.2 Å². The Morgan fingerprint density at radius 1 is 1.29 bits per heavy atom. The largest absolute Gasteiger partial charge is 0.461 e. The van der Waals surface area contributed by atoms with E-state index in [0.717, 1.165) is 47.4 Å². The van der Waals surface area contributed by atoms with Crippen LogP contribution < -0.4 is 5.73 Å². The van der Waals surface area contributed by atoms with Gasteiger partial charge in [0, 0.05) is 22.9 Å². The number of nitrogens with two attached hydrogens (primary N) is 1. The lowest BCUT2D eigenvalue weighted by atomic mass is 10.1. The van der Waals surface area contributed by atoms with Crippen molar-refractivity contribution in [3.8, 4) is 0 Å². The van der Waals surface area contributed by atoms with Crippen molar-refractivity contribution in [2.24, 2.45) is 5.73 Å². The van der Waals surface area contributed by atoms with Gasteiger partial charge in [0.25, 0.3) is 0 Å². The molecule has 0 bridgehead atoms. The van der Waals surface area contributed by atoms with Crippen LogP contribution in [-0.2, 0) is 6.42 Å². The first-order valence-electron chi connectivity index (χ1n) is 6.12. The van der Waals surface area contributed by atoms with Crippen LogP contribution in [0.5, 0.6) is 0 Å². The number of hydrogen-bond donors (Lipinski definition) is 1. The Bertz CT molecular complexity index is 492. The van der Waals surface area contributed by atoms with Crippen LogP contribution in [0.15, 0.2) is 28.7 Å². The zero-order valence-corrected chi connectivity index (χ0v) is 10.8. The highest BCUT2D eigenvalue weighted by Gasteiger charge is 2.07. The second-order valence-corrected chi connectivity index (χ2v) is 4.92. The molecule has 0 radical (unpaired) electrons. The summed E-state index contributed by atoms with van der Waals surface area (Å²) in [5, 5.41) is 1.81. The fourth-order valence-electron chi connectivity index (χ4n) is 2.04. The van der Waals surface area contributed by atoms with Gasteiger partial charge in [0.15, 0.2) is 0 Å². The normalized spacial score (nSPS) is 13.1. The summed E-state index contributed by atoms with van der Waals surface area (Å²) in [6, 6.07) is 8.01. The second kappa shape index (κ2) is 5.56. The van der Waals surface area contributed by atoms with Gasteiger partial charge in [-0.2, -0.15) is 0 Å². The summed E-state index contributed by atoms with van der Waals surface area (Å²) in [4.78, 5) is 0. The van der Waals surface area contributed by atoms with Crippen LogP contribution >= 0.6 is 11.6 Å². The Morgan fingerprint density at radius 2 is 2.12 bits per heavy atom. The first-order valence-corrected chi connectivity index (χ1v) is 6.50. The van der Waals surface area contributed by atoms with Crippen molar-refractivity contribution < 1.29 is 4.42 Å². The van der Waals surface area contributed by atoms with Gasteiger partial charge in [0.2, 0.25) is 0 Å². The molecule has 17 heavy (non-hydrogen) atoms. The molecular formula is C14H18ClNO. The summed E-state index contributed by atoms with van der Waals surface area (Å²) in [6.07, 6.45) is 4.08. The van der Waals surface area contributed by atoms with Crippen molar-refractivity contribution in [3.63, 3.8) is 0 Å². The van der Waals surface area contributed by atoms with Gasteiger partial charge in [-0.1, -0.05) is 24.9 Å². The van der Waals surface area contributed by atoms with E-state index >= 15 is 0 Å². The van der Waals surface area contributed by atoms with Gasteiger partial charge in [-0.15, -0.1) is 0 Å². The van der Waals surface area contributed by atoms with Gasteiger partial charge < -0.3 is 10.2 Å². The van der Waals surface area contributed by atoms with Crippen LogP contribution in [0.3, 0.4) is 0 Å². The summed E-state index contributed by atoms with van der Waals surface area (Å²) in [6.45, 7) is 2.16. The van der Waals surface area contributed by atoms with Gasteiger partial charge in [-0.3, -0.25) is 0 Å². The highest BCUT2D eigenvalue weighted by atomic mass is 35.5. The molecule has 1 unspecified atom stereocenters. The molecule has 0 spiro atoms. The highest BCUT2D eigenvalue weighted by molar-refractivity contribution is 6.31. The zero-order valence-electron chi connectivity index (χ0n) is 10.1. The molecule has 2 nitrogen and oxygen atoms in total. The Balaban J connectivity index is 2.04. The van der Waals surface area contributed by atoms with E-state index in [1.54, 1.807) is 0 Å².